The van der Waals surface area contributed by atoms with Crippen molar-refractivity contribution in [2.45, 2.75) is 38.2 Å². The SMILES string of the molecule is C[C@H]1CN(C(=O)c2ccnc(-c3ccc(F)cc3C#N)c2)Cc2cnc(C(C)(O)C(F)(F)F)n21. The summed E-state index contributed by atoms with van der Waals surface area (Å²) in [5.41, 5.74) is -1.80. The van der Waals surface area contributed by atoms with Gasteiger partial charge < -0.3 is 14.6 Å². The second-order valence-corrected chi connectivity index (χ2v) is 8.28. The molecule has 0 bridgehead atoms. The molecule has 3 aromatic rings. The highest BCUT2D eigenvalue weighted by atomic mass is 19.4. The molecule has 0 saturated carbocycles. The Morgan fingerprint density at radius 1 is 1.24 bits per heavy atom. The molecule has 2 aromatic heterocycles. The van der Waals surface area contributed by atoms with Crippen LogP contribution in [0.5, 0.6) is 0 Å². The van der Waals surface area contributed by atoms with E-state index < -0.39 is 35.4 Å². The predicted octanol–water partition coefficient (Wildman–Crippen LogP) is 3.94. The fourth-order valence-corrected chi connectivity index (χ4v) is 4.03. The van der Waals surface area contributed by atoms with Gasteiger partial charge in [-0.2, -0.15) is 18.4 Å². The molecule has 1 unspecified atom stereocenters. The van der Waals surface area contributed by atoms with E-state index in [1.165, 1.54) is 46.1 Å². The van der Waals surface area contributed by atoms with Crippen LogP contribution in [0.1, 0.15) is 47.3 Å². The van der Waals surface area contributed by atoms with E-state index in [1.807, 2.05) is 6.07 Å². The first-order valence-electron chi connectivity index (χ1n) is 10.2. The van der Waals surface area contributed by atoms with Crippen molar-refractivity contribution in [3.05, 3.63) is 71.2 Å². The number of fused-ring (bicyclic) bond motifs is 1. The topological polar surface area (TPSA) is 95.0 Å². The van der Waals surface area contributed by atoms with E-state index in [9.17, 15) is 32.7 Å². The van der Waals surface area contributed by atoms with E-state index in [0.717, 1.165) is 6.07 Å². The number of amides is 1. The molecule has 4 rings (SSSR count). The first-order chi connectivity index (χ1) is 15.9. The van der Waals surface area contributed by atoms with Crippen molar-refractivity contribution in [1.29, 1.82) is 5.26 Å². The summed E-state index contributed by atoms with van der Waals surface area (Å²) in [6.45, 7) is 2.36. The molecule has 11 heteroatoms. The minimum absolute atomic E-state index is 0.0121. The van der Waals surface area contributed by atoms with Crippen LogP contribution in [0.15, 0.2) is 42.7 Å². The fraction of sp³-hybridized carbons (Fsp3) is 0.304. The monoisotopic (exact) mass is 473 g/mol. The number of benzene rings is 1. The van der Waals surface area contributed by atoms with Gasteiger partial charge in [-0.15, -0.1) is 0 Å². The Morgan fingerprint density at radius 2 is 1.97 bits per heavy atom. The molecule has 3 heterocycles. The maximum atomic E-state index is 13.5. The van der Waals surface area contributed by atoms with E-state index in [0.29, 0.717) is 23.9 Å². The molecular weight excluding hydrogens is 454 g/mol. The molecule has 0 aliphatic carbocycles. The summed E-state index contributed by atoms with van der Waals surface area (Å²) in [7, 11) is 0. The van der Waals surface area contributed by atoms with Gasteiger partial charge in [-0.25, -0.2) is 9.37 Å². The lowest BCUT2D eigenvalue weighted by molar-refractivity contribution is -0.263. The van der Waals surface area contributed by atoms with Crippen molar-refractivity contribution >= 4 is 5.91 Å². The van der Waals surface area contributed by atoms with Gasteiger partial charge in [0.15, 0.2) is 5.82 Å². The van der Waals surface area contributed by atoms with Crippen molar-refractivity contribution in [2.75, 3.05) is 6.54 Å². The highest BCUT2D eigenvalue weighted by Crippen LogP contribution is 2.40. The first-order valence-corrected chi connectivity index (χ1v) is 10.2. The van der Waals surface area contributed by atoms with Gasteiger partial charge in [0.2, 0.25) is 5.60 Å². The molecule has 1 amide bonds. The third kappa shape index (κ3) is 3.90. The van der Waals surface area contributed by atoms with E-state index >= 15 is 0 Å². The van der Waals surface area contributed by atoms with Gasteiger partial charge >= 0.3 is 6.18 Å². The largest absolute Gasteiger partial charge is 0.424 e. The van der Waals surface area contributed by atoms with Crippen molar-refractivity contribution in [3.63, 3.8) is 0 Å². The number of carbonyl (C=O) groups excluding carboxylic acids is 1. The highest BCUT2D eigenvalue weighted by Gasteiger charge is 2.55. The number of imidazole rings is 1. The summed E-state index contributed by atoms with van der Waals surface area (Å²) in [6, 6.07) is 7.95. The lowest BCUT2D eigenvalue weighted by Gasteiger charge is -2.36. The summed E-state index contributed by atoms with van der Waals surface area (Å²) in [4.78, 5) is 22.7. The Balaban J connectivity index is 1.64. The van der Waals surface area contributed by atoms with Gasteiger partial charge in [0, 0.05) is 23.9 Å². The van der Waals surface area contributed by atoms with Crippen LogP contribution in [0, 0.1) is 17.1 Å². The molecule has 0 fully saturated rings. The Bertz CT molecular complexity index is 1310. The predicted molar refractivity (Wildman–Crippen MR) is 112 cm³/mol. The Labute approximate surface area is 191 Å². The van der Waals surface area contributed by atoms with Crippen LogP contribution in [0.4, 0.5) is 17.6 Å². The number of carbonyl (C=O) groups is 1. The van der Waals surface area contributed by atoms with Crippen LogP contribution in [0.3, 0.4) is 0 Å². The molecule has 0 saturated heterocycles. The maximum absolute atomic E-state index is 13.5. The Hall–Kier alpha value is -3.78. The zero-order valence-corrected chi connectivity index (χ0v) is 18.1. The third-order valence-corrected chi connectivity index (χ3v) is 5.81. The number of halogens is 4. The number of aliphatic hydroxyl groups is 1. The number of hydrogen-bond donors (Lipinski definition) is 1. The van der Waals surface area contributed by atoms with Gasteiger partial charge in [-0.05, 0) is 44.2 Å². The standard InChI is InChI=1S/C23H19F4N5O2/c1-13-11-31(12-17-10-30-21(32(13)17)22(2,34)23(25,26)27)20(33)14-5-6-29-19(8-14)18-4-3-16(24)7-15(18)9-28/h3-8,10,13,34H,11-12H2,1-2H3/t13-,22?/m0/s1. The minimum Gasteiger partial charge on any atom is -0.374 e. The smallest absolute Gasteiger partial charge is 0.374 e. The molecule has 0 radical (unpaired) electrons. The lowest BCUT2D eigenvalue weighted by atomic mass is 10.0. The van der Waals surface area contributed by atoms with Crippen molar-refractivity contribution in [3.8, 4) is 17.3 Å². The van der Waals surface area contributed by atoms with Gasteiger partial charge in [0.05, 0.1) is 41.8 Å². The summed E-state index contributed by atoms with van der Waals surface area (Å²) >= 11 is 0. The lowest BCUT2D eigenvalue weighted by Crippen LogP contribution is -2.45. The average molecular weight is 473 g/mol. The van der Waals surface area contributed by atoms with E-state index in [2.05, 4.69) is 9.97 Å². The quantitative estimate of drug-likeness (QED) is 0.582. The van der Waals surface area contributed by atoms with Crippen LogP contribution < -0.4 is 0 Å². The third-order valence-electron chi connectivity index (χ3n) is 5.81. The van der Waals surface area contributed by atoms with Crippen LogP contribution in [-0.2, 0) is 12.1 Å². The number of nitrogens with zero attached hydrogens (tertiary/aromatic N) is 5. The van der Waals surface area contributed by atoms with Crippen molar-refractivity contribution in [1.82, 2.24) is 19.4 Å². The van der Waals surface area contributed by atoms with Crippen LogP contribution in [0.25, 0.3) is 11.3 Å². The van der Waals surface area contributed by atoms with E-state index in [1.54, 1.807) is 6.92 Å². The first kappa shape index (κ1) is 23.4. The maximum Gasteiger partial charge on any atom is 0.424 e. The number of alkyl halides is 3. The minimum atomic E-state index is -4.92. The van der Waals surface area contributed by atoms with Crippen molar-refractivity contribution in [2.24, 2.45) is 0 Å². The number of hydrogen-bond acceptors (Lipinski definition) is 5. The zero-order valence-electron chi connectivity index (χ0n) is 18.1. The second kappa shape index (κ2) is 8.22. The molecule has 1 aliphatic heterocycles. The van der Waals surface area contributed by atoms with Gasteiger partial charge in [0.1, 0.15) is 5.82 Å². The second-order valence-electron chi connectivity index (χ2n) is 8.28. The number of rotatable bonds is 3. The molecule has 1 aromatic carbocycles. The van der Waals surface area contributed by atoms with Crippen LogP contribution in [-0.4, -0.2) is 43.2 Å². The molecule has 1 N–H and O–H groups in total. The molecule has 1 aliphatic rings. The number of nitriles is 1. The van der Waals surface area contributed by atoms with E-state index in [4.69, 9.17) is 0 Å². The van der Waals surface area contributed by atoms with Crippen molar-refractivity contribution < 1.29 is 27.5 Å². The number of pyridine rings is 1. The van der Waals surface area contributed by atoms with Crippen LogP contribution in [0.2, 0.25) is 0 Å². The molecule has 176 valence electrons. The molecule has 0 spiro atoms. The van der Waals surface area contributed by atoms with Gasteiger partial charge in [0.25, 0.3) is 5.91 Å². The average Bonchev–Trinajstić information content (AvgIpc) is 3.23. The van der Waals surface area contributed by atoms with Crippen LogP contribution >= 0.6 is 0 Å². The Morgan fingerprint density at radius 3 is 2.65 bits per heavy atom. The summed E-state index contributed by atoms with van der Waals surface area (Å²) in [5, 5.41) is 19.4. The van der Waals surface area contributed by atoms with E-state index in [-0.39, 0.29) is 24.2 Å². The Kier molecular flexibility index (Phi) is 5.65. The normalized spacial score (nSPS) is 17.6. The highest BCUT2D eigenvalue weighted by molar-refractivity contribution is 5.95. The molecule has 2 atom stereocenters. The van der Waals surface area contributed by atoms with Gasteiger partial charge in [-0.1, -0.05) is 0 Å². The summed E-state index contributed by atoms with van der Waals surface area (Å²) in [5.74, 6) is -1.50. The summed E-state index contributed by atoms with van der Waals surface area (Å²) < 4.78 is 54.9. The molecule has 34 heavy (non-hydrogen) atoms. The molecule has 7 nitrogen and oxygen atoms in total. The summed E-state index contributed by atoms with van der Waals surface area (Å²) in [6.07, 6.45) is -2.30. The fourth-order valence-electron chi connectivity index (χ4n) is 4.03. The van der Waals surface area contributed by atoms with Gasteiger partial charge in [-0.3, -0.25) is 9.78 Å². The zero-order chi connectivity index (χ0) is 24.8. The molecular formula is C23H19F4N5O2. The number of aromatic nitrogens is 3.